The second kappa shape index (κ2) is 7.84. The molecule has 1 fully saturated rings. The number of rotatable bonds is 5. The van der Waals surface area contributed by atoms with Crippen LogP contribution in [0.4, 0.5) is 16.4 Å². The van der Waals surface area contributed by atoms with Gasteiger partial charge in [-0.25, -0.2) is 4.79 Å². The predicted molar refractivity (Wildman–Crippen MR) is 94.2 cm³/mol. The first-order chi connectivity index (χ1) is 12.1. The summed E-state index contributed by atoms with van der Waals surface area (Å²) in [6.07, 6.45) is 2.12. The Morgan fingerprint density at radius 2 is 2.16 bits per heavy atom. The van der Waals surface area contributed by atoms with Crippen LogP contribution in [0.3, 0.4) is 0 Å². The second-order valence-corrected chi connectivity index (χ2v) is 6.06. The number of nitrogen functional groups attached to an aromatic ring is 1. The molecule has 0 unspecified atom stereocenters. The minimum Gasteiger partial charge on any atom is -0.488 e. The van der Waals surface area contributed by atoms with Crippen LogP contribution in [0.1, 0.15) is 18.7 Å². The molecule has 2 heterocycles. The number of carbonyl (C=O) groups is 1. The summed E-state index contributed by atoms with van der Waals surface area (Å²) >= 11 is 0. The van der Waals surface area contributed by atoms with Gasteiger partial charge in [-0.3, -0.25) is 5.10 Å². The molecule has 9 heteroatoms. The fourth-order valence-electron chi connectivity index (χ4n) is 2.67. The lowest BCUT2D eigenvalue weighted by Crippen LogP contribution is -2.36. The van der Waals surface area contributed by atoms with Crippen LogP contribution in [-0.2, 0) is 6.54 Å². The van der Waals surface area contributed by atoms with E-state index in [9.17, 15) is 4.79 Å². The van der Waals surface area contributed by atoms with Crippen LogP contribution in [0.25, 0.3) is 0 Å². The molecule has 0 spiro atoms. The van der Waals surface area contributed by atoms with Crippen molar-refractivity contribution in [3.8, 4) is 5.75 Å². The molecule has 2 amide bonds. The monoisotopic (exact) mass is 345 g/mol. The maximum atomic E-state index is 12.1. The van der Waals surface area contributed by atoms with E-state index in [2.05, 4.69) is 37.8 Å². The minimum atomic E-state index is -0.352. The summed E-state index contributed by atoms with van der Waals surface area (Å²) in [7, 11) is 2.11. The molecular weight excluding hydrogens is 322 g/mol. The van der Waals surface area contributed by atoms with Gasteiger partial charge in [0.15, 0.2) is 0 Å². The standard InChI is InChI=1S/C16H23N7O2/c1-23-8-6-11(7-9-23)25-13-5-3-2-4-12(13)19-16(24)18-10-14-20-15(17)22-21-14/h2-5,11H,6-10H2,1H3,(H2,18,19,24)(H3,17,20,21,22). The third kappa shape index (κ3) is 4.83. The number of nitrogens with two attached hydrogens (primary N) is 1. The third-order valence-electron chi connectivity index (χ3n) is 4.06. The number of nitrogens with one attached hydrogen (secondary N) is 3. The molecule has 0 radical (unpaired) electrons. The number of aromatic amines is 1. The van der Waals surface area contributed by atoms with Gasteiger partial charge in [-0.2, -0.15) is 4.98 Å². The van der Waals surface area contributed by atoms with E-state index in [-0.39, 0.29) is 24.6 Å². The Bertz CT molecular complexity index is 710. The SMILES string of the molecule is CN1CCC(Oc2ccccc2NC(=O)NCc2nc(N)n[nH]2)CC1. The number of ether oxygens (including phenoxy) is 1. The van der Waals surface area contributed by atoms with E-state index in [1.165, 1.54) is 0 Å². The lowest BCUT2D eigenvalue weighted by atomic mass is 10.1. The number of H-pyrrole nitrogens is 1. The quantitative estimate of drug-likeness (QED) is 0.646. The number of anilines is 2. The second-order valence-electron chi connectivity index (χ2n) is 6.06. The lowest BCUT2D eigenvalue weighted by Gasteiger charge is -2.29. The topological polar surface area (TPSA) is 121 Å². The first-order valence-corrected chi connectivity index (χ1v) is 8.26. The van der Waals surface area contributed by atoms with E-state index < -0.39 is 0 Å². The number of hydrogen-bond donors (Lipinski definition) is 4. The number of carbonyl (C=O) groups excluding carboxylic acids is 1. The van der Waals surface area contributed by atoms with Crippen molar-refractivity contribution in [2.24, 2.45) is 0 Å². The maximum absolute atomic E-state index is 12.1. The largest absolute Gasteiger partial charge is 0.488 e. The molecule has 1 aromatic heterocycles. The molecule has 2 aromatic rings. The maximum Gasteiger partial charge on any atom is 0.319 e. The highest BCUT2D eigenvalue weighted by Crippen LogP contribution is 2.27. The number of hydrogen-bond acceptors (Lipinski definition) is 6. The zero-order valence-electron chi connectivity index (χ0n) is 14.2. The molecule has 134 valence electrons. The van der Waals surface area contributed by atoms with Crippen LogP contribution >= 0.6 is 0 Å². The molecule has 0 saturated carbocycles. The summed E-state index contributed by atoms with van der Waals surface area (Å²) in [6.45, 7) is 2.23. The van der Waals surface area contributed by atoms with Crippen LogP contribution in [0.2, 0.25) is 0 Å². The predicted octanol–water partition coefficient (Wildman–Crippen LogP) is 1.18. The summed E-state index contributed by atoms with van der Waals surface area (Å²) in [5.41, 5.74) is 6.06. The van der Waals surface area contributed by atoms with Gasteiger partial charge in [0, 0.05) is 13.1 Å². The average Bonchev–Trinajstić information content (AvgIpc) is 3.02. The number of aromatic nitrogens is 3. The number of urea groups is 1. The highest BCUT2D eigenvalue weighted by atomic mass is 16.5. The Labute approximate surface area is 145 Å². The highest BCUT2D eigenvalue weighted by Gasteiger charge is 2.19. The van der Waals surface area contributed by atoms with Gasteiger partial charge >= 0.3 is 6.03 Å². The first-order valence-electron chi connectivity index (χ1n) is 8.26. The third-order valence-corrected chi connectivity index (χ3v) is 4.06. The van der Waals surface area contributed by atoms with Gasteiger partial charge < -0.3 is 26.0 Å². The molecule has 1 aromatic carbocycles. The van der Waals surface area contributed by atoms with Crippen molar-refractivity contribution in [2.75, 3.05) is 31.2 Å². The Morgan fingerprint density at radius 3 is 2.88 bits per heavy atom. The Morgan fingerprint density at radius 1 is 1.40 bits per heavy atom. The van der Waals surface area contributed by atoms with Gasteiger partial charge in [0.1, 0.15) is 17.7 Å². The Hall–Kier alpha value is -2.81. The van der Waals surface area contributed by atoms with Gasteiger partial charge in [0.2, 0.25) is 5.95 Å². The van der Waals surface area contributed by atoms with Crippen molar-refractivity contribution in [2.45, 2.75) is 25.5 Å². The zero-order chi connectivity index (χ0) is 17.6. The molecule has 0 atom stereocenters. The Balaban J connectivity index is 1.55. The molecule has 1 aliphatic heterocycles. The first kappa shape index (κ1) is 17.0. The molecule has 3 rings (SSSR count). The number of piperidine rings is 1. The fraction of sp³-hybridized carbons (Fsp3) is 0.438. The van der Waals surface area contributed by atoms with Crippen molar-refractivity contribution in [1.29, 1.82) is 0 Å². The fourth-order valence-corrected chi connectivity index (χ4v) is 2.67. The summed E-state index contributed by atoms with van der Waals surface area (Å²) in [6, 6.07) is 7.08. The zero-order valence-corrected chi connectivity index (χ0v) is 14.2. The van der Waals surface area contributed by atoms with Crippen molar-refractivity contribution in [1.82, 2.24) is 25.4 Å². The molecular formula is C16H23N7O2. The van der Waals surface area contributed by atoms with E-state index >= 15 is 0 Å². The molecule has 1 saturated heterocycles. The van der Waals surface area contributed by atoms with Crippen molar-refractivity contribution in [3.05, 3.63) is 30.1 Å². The highest BCUT2D eigenvalue weighted by molar-refractivity contribution is 5.90. The summed E-state index contributed by atoms with van der Waals surface area (Å²) in [5.74, 6) is 1.31. The molecule has 9 nitrogen and oxygen atoms in total. The summed E-state index contributed by atoms with van der Waals surface area (Å²) < 4.78 is 6.09. The number of likely N-dealkylation sites (tertiary alicyclic amines) is 1. The number of benzene rings is 1. The number of para-hydroxylation sites is 2. The molecule has 0 aliphatic carbocycles. The van der Waals surface area contributed by atoms with Crippen molar-refractivity contribution < 1.29 is 9.53 Å². The molecule has 0 bridgehead atoms. The van der Waals surface area contributed by atoms with E-state index in [0.29, 0.717) is 17.3 Å². The normalized spacial score (nSPS) is 15.7. The lowest BCUT2D eigenvalue weighted by molar-refractivity contribution is 0.115. The minimum absolute atomic E-state index is 0.147. The van der Waals surface area contributed by atoms with Gasteiger partial charge in [0.05, 0.1) is 12.2 Å². The van der Waals surface area contributed by atoms with Crippen LogP contribution in [0, 0.1) is 0 Å². The van der Waals surface area contributed by atoms with Gasteiger partial charge in [0.25, 0.3) is 0 Å². The molecule has 1 aliphatic rings. The van der Waals surface area contributed by atoms with Crippen LogP contribution in [-0.4, -0.2) is 52.4 Å². The van der Waals surface area contributed by atoms with Gasteiger partial charge in [-0.1, -0.05) is 12.1 Å². The summed E-state index contributed by atoms with van der Waals surface area (Å²) in [5, 5.41) is 11.8. The van der Waals surface area contributed by atoms with E-state index in [1.54, 1.807) is 0 Å². The summed E-state index contributed by atoms with van der Waals surface area (Å²) in [4.78, 5) is 18.3. The van der Waals surface area contributed by atoms with E-state index in [4.69, 9.17) is 10.5 Å². The van der Waals surface area contributed by atoms with E-state index in [1.807, 2.05) is 24.3 Å². The smallest absolute Gasteiger partial charge is 0.319 e. The Kier molecular flexibility index (Phi) is 5.34. The van der Waals surface area contributed by atoms with E-state index in [0.717, 1.165) is 25.9 Å². The van der Waals surface area contributed by atoms with Crippen LogP contribution in [0.5, 0.6) is 5.75 Å². The van der Waals surface area contributed by atoms with Crippen LogP contribution < -0.4 is 21.1 Å². The van der Waals surface area contributed by atoms with Crippen LogP contribution in [0.15, 0.2) is 24.3 Å². The number of amides is 2. The molecule has 25 heavy (non-hydrogen) atoms. The van der Waals surface area contributed by atoms with Crippen molar-refractivity contribution >= 4 is 17.7 Å². The average molecular weight is 345 g/mol. The van der Waals surface area contributed by atoms with Gasteiger partial charge in [-0.05, 0) is 32.0 Å². The van der Waals surface area contributed by atoms with Gasteiger partial charge in [-0.15, -0.1) is 5.10 Å². The number of nitrogens with zero attached hydrogens (tertiary/aromatic N) is 3. The van der Waals surface area contributed by atoms with Crippen molar-refractivity contribution in [3.63, 3.8) is 0 Å². The molecule has 5 N–H and O–H groups in total.